The summed E-state index contributed by atoms with van der Waals surface area (Å²) in [6, 6.07) is 8.08. The van der Waals surface area contributed by atoms with Crippen molar-refractivity contribution < 1.29 is 44.3 Å². The molecule has 2 rings (SSSR count). The zero-order valence-electron chi connectivity index (χ0n) is 14.1. The summed E-state index contributed by atoms with van der Waals surface area (Å²) in [7, 11) is -4.36. The Balaban J connectivity index is 2.21. The molecule has 0 aliphatic rings. The van der Waals surface area contributed by atoms with E-state index in [4.69, 9.17) is 0 Å². The van der Waals surface area contributed by atoms with E-state index in [0.29, 0.717) is 0 Å². The highest BCUT2D eigenvalue weighted by Gasteiger charge is 2.31. The summed E-state index contributed by atoms with van der Waals surface area (Å²) in [5.74, 6) is -1.82. The van der Waals surface area contributed by atoms with Crippen molar-refractivity contribution in [3.8, 4) is 5.75 Å². The van der Waals surface area contributed by atoms with Gasteiger partial charge in [-0.05, 0) is 36.4 Å². The molecular formula is C16H12F6N2O4S. The molecule has 158 valence electrons. The second kappa shape index (κ2) is 8.19. The molecule has 0 saturated carbocycles. The van der Waals surface area contributed by atoms with Gasteiger partial charge in [-0.25, -0.2) is 8.42 Å². The van der Waals surface area contributed by atoms with E-state index in [1.807, 2.05) is 4.72 Å². The fourth-order valence-corrected chi connectivity index (χ4v) is 3.15. The summed E-state index contributed by atoms with van der Waals surface area (Å²) in [4.78, 5) is 11.5. The molecule has 2 N–H and O–H groups in total. The lowest BCUT2D eigenvalue weighted by atomic mass is 10.1. The van der Waals surface area contributed by atoms with E-state index in [2.05, 4.69) is 4.74 Å². The van der Waals surface area contributed by atoms with Gasteiger partial charge in [0.05, 0.1) is 16.1 Å². The fraction of sp³-hybridized carbons (Fsp3) is 0.188. The molecule has 0 atom stereocenters. The zero-order chi connectivity index (χ0) is 21.9. The minimum Gasteiger partial charge on any atom is -0.406 e. The van der Waals surface area contributed by atoms with Crippen molar-refractivity contribution >= 4 is 21.6 Å². The summed E-state index contributed by atoms with van der Waals surface area (Å²) in [6.45, 7) is -1.62. The van der Waals surface area contributed by atoms with Gasteiger partial charge >= 0.3 is 12.5 Å². The highest BCUT2D eigenvalue weighted by molar-refractivity contribution is 7.92. The lowest BCUT2D eigenvalue weighted by Crippen LogP contribution is -2.34. The van der Waals surface area contributed by atoms with Crippen molar-refractivity contribution in [2.24, 2.45) is 0 Å². The van der Waals surface area contributed by atoms with E-state index in [9.17, 15) is 39.6 Å². The van der Waals surface area contributed by atoms with E-state index in [-0.39, 0.29) is 11.3 Å². The Morgan fingerprint density at radius 1 is 0.931 bits per heavy atom. The standard InChI is InChI=1S/C16H12F6N2O4S/c17-15(18,19)9-23-14(25)12-3-1-2-4-13(12)24-29(26,27)11-7-5-10(6-8-11)28-16(20,21)22/h1-8,24H,9H2,(H,23,25). The molecule has 0 unspecified atom stereocenters. The monoisotopic (exact) mass is 442 g/mol. The largest absolute Gasteiger partial charge is 0.573 e. The molecule has 6 nitrogen and oxygen atoms in total. The molecule has 0 aliphatic heterocycles. The first-order valence-electron chi connectivity index (χ1n) is 7.59. The number of nitrogens with one attached hydrogen (secondary N) is 2. The lowest BCUT2D eigenvalue weighted by Gasteiger charge is -2.14. The molecule has 2 aromatic rings. The van der Waals surface area contributed by atoms with Gasteiger partial charge in [-0.1, -0.05) is 12.1 Å². The van der Waals surface area contributed by atoms with Crippen LogP contribution in [0.3, 0.4) is 0 Å². The van der Waals surface area contributed by atoms with Crippen molar-refractivity contribution in [2.45, 2.75) is 17.4 Å². The van der Waals surface area contributed by atoms with Gasteiger partial charge in [0, 0.05) is 0 Å². The normalized spacial score (nSPS) is 12.3. The van der Waals surface area contributed by atoms with Crippen molar-refractivity contribution in [1.29, 1.82) is 0 Å². The van der Waals surface area contributed by atoms with Crippen LogP contribution in [0.15, 0.2) is 53.4 Å². The van der Waals surface area contributed by atoms with Crippen LogP contribution in [-0.2, 0) is 10.0 Å². The van der Waals surface area contributed by atoms with E-state index in [1.165, 1.54) is 12.1 Å². The number of halogens is 6. The molecule has 0 spiro atoms. The topological polar surface area (TPSA) is 84.5 Å². The molecule has 0 aromatic heterocycles. The Hall–Kier alpha value is -2.96. The number of benzene rings is 2. The van der Waals surface area contributed by atoms with Crippen LogP contribution < -0.4 is 14.8 Å². The minimum atomic E-state index is -4.96. The number of rotatable bonds is 6. The second-order valence-corrected chi connectivity index (χ2v) is 7.15. The highest BCUT2D eigenvalue weighted by Crippen LogP contribution is 2.25. The molecule has 29 heavy (non-hydrogen) atoms. The first-order chi connectivity index (χ1) is 13.3. The number of carbonyl (C=O) groups excluding carboxylic acids is 1. The number of ether oxygens (including phenoxy) is 1. The average Bonchev–Trinajstić information content (AvgIpc) is 2.58. The van der Waals surface area contributed by atoms with Crippen LogP contribution in [0.25, 0.3) is 0 Å². The van der Waals surface area contributed by atoms with Gasteiger partial charge in [0.2, 0.25) is 0 Å². The third-order valence-corrected chi connectivity index (χ3v) is 4.61. The lowest BCUT2D eigenvalue weighted by molar-refractivity contribution is -0.274. The third kappa shape index (κ3) is 6.85. The summed E-state index contributed by atoms with van der Waals surface area (Å²) in [6.07, 6.45) is -9.62. The second-order valence-electron chi connectivity index (χ2n) is 5.47. The number of alkyl halides is 6. The third-order valence-electron chi connectivity index (χ3n) is 3.23. The smallest absolute Gasteiger partial charge is 0.406 e. The predicted octanol–water partition coefficient (Wildman–Crippen LogP) is 3.68. The first-order valence-corrected chi connectivity index (χ1v) is 9.08. The van der Waals surface area contributed by atoms with Crippen LogP contribution in [0.2, 0.25) is 0 Å². The minimum absolute atomic E-state index is 0.317. The Morgan fingerprint density at radius 2 is 1.52 bits per heavy atom. The summed E-state index contributed by atoms with van der Waals surface area (Å²) < 4.78 is 104. The maximum atomic E-state index is 12.4. The molecule has 0 radical (unpaired) electrons. The van der Waals surface area contributed by atoms with Crippen LogP contribution in [0.4, 0.5) is 32.0 Å². The van der Waals surface area contributed by atoms with Crippen LogP contribution in [-0.4, -0.2) is 33.4 Å². The fourth-order valence-electron chi connectivity index (χ4n) is 2.07. The van der Waals surface area contributed by atoms with Crippen molar-refractivity contribution in [3.05, 3.63) is 54.1 Å². The Morgan fingerprint density at radius 3 is 2.07 bits per heavy atom. The molecule has 0 aliphatic carbocycles. The van der Waals surface area contributed by atoms with E-state index in [0.717, 1.165) is 36.4 Å². The molecule has 13 heteroatoms. The number of carbonyl (C=O) groups is 1. The molecule has 0 fully saturated rings. The van der Waals surface area contributed by atoms with Crippen molar-refractivity contribution in [3.63, 3.8) is 0 Å². The predicted molar refractivity (Wildman–Crippen MR) is 88.8 cm³/mol. The van der Waals surface area contributed by atoms with Gasteiger partial charge in [-0.2, -0.15) is 13.2 Å². The highest BCUT2D eigenvalue weighted by atomic mass is 32.2. The summed E-state index contributed by atoms with van der Waals surface area (Å²) in [5, 5.41) is 1.61. The Kier molecular flexibility index (Phi) is 6.30. The molecule has 0 heterocycles. The Labute approximate surface area is 160 Å². The van der Waals surface area contributed by atoms with Crippen LogP contribution in [0.5, 0.6) is 5.75 Å². The Bertz CT molecular complexity index is 972. The maximum absolute atomic E-state index is 12.4. The first kappa shape index (κ1) is 22.3. The van der Waals surface area contributed by atoms with Gasteiger partial charge in [0.15, 0.2) is 0 Å². The molecule has 0 saturated heterocycles. The summed E-state index contributed by atoms with van der Waals surface area (Å²) in [5.41, 5.74) is -0.694. The van der Waals surface area contributed by atoms with Gasteiger partial charge < -0.3 is 10.1 Å². The van der Waals surface area contributed by atoms with E-state index in [1.54, 1.807) is 5.32 Å². The van der Waals surface area contributed by atoms with Crippen molar-refractivity contribution in [2.75, 3.05) is 11.3 Å². The molecule has 0 bridgehead atoms. The SMILES string of the molecule is O=C(NCC(F)(F)F)c1ccccc1NS(=O)(=O)c1ccc(OC(F)(F)F)cc1. The van der Waals surface area contributed by atoms with Crippen molar-refractivity contribution in [1.82, 2.24) is 5.32 Å². The number of sulfonamides is 1. The molecule has 1 amide bonds. The maximum Gasteiger partial charge on any atom is 0.573 e. The molecule has 2 aromatic carbocycles. The van der Waals surface area contributed by atoms with Crippen LogP contribution in [0, 0.1) is 0 Å². The van der Waals surface area contributed by atoms with Crippen LogP contribution >= 0.6 is 0 Å². The van der Waals surface area contributed by atoms with Gasteiger partial charge in [-0.15, -0.1) is 13.2 Å². The van der Waals surface area contributed by atoms with Gasteiger partial charge in [0.1, 0.15) is 12.3 Å². The quantitative estimate of drug-likeness (QED) is 0.669. The number of para-hydroxylation sites is 1. The van der Waals surface area contributed by atoms with E-state index >= 15 is 0 Å². The van der Waals surface area contributed by atoms with Gasteiger partial charge in [0.25, 0.3) is 15.9 Å². The summed E-state index contributed by atoms with van der Waals surface area (Å²) >= 11 is 0. The number of hydrogen-bond donors (Lipinski definition) is 2. The molecular weight excluding hydrogens is 430 g/mol. The number of anilines is 1. The van der Waals surface area contributed by atoms with Gasteiger partial charge in [-0.3, -0.25) is 9.52 Å². The number of amides is 1. The van der Waals surface area contributed by atoms with Crippen LogP contribution in [0.1, 0.15) is 10.4 Å². The zero-order valence-corrected chi connectivity index (χ0v) is 15.0. The number of hydrogen-bond acceptors (Lipinski definition) is 4. The van der Waals surface area contributed by atoms with E-state index < -0.39 is 45.7 Å². The average molecular weight is 442 g/mol.